The van der Waals surface area contributed by atoms with Crippen LogP contribution in [0.2, 0.25) is 0 Å². The summed E-state index contributed by atoms with van der Waals surface area (Å²) in [7, 11) is 1.92. The number of aliphatic hydroxyl groups excluding tert-OH is 1. The molecule has 0 aliphatic rings. The number of aliphatic hydroxyl groups is 1. The van der Waals surface area contributed by atoms with E-state index in [0.717, 1.165) is 16.6 Å². The number of para-hydroxylation sites is 1. The molecule has 3 aromatic rings. The van der Waals surface area contributed by atoms with Gasteiger partial charge in [0.1, 0.15) is 5.69 Å². The van der Waals surface area contributed by atoms with Crippen LogP contribution in [0.5, 0.6) is 0 Å². The number of carbonyl (C=O) groups is 1. The topological polar surface area (TPSA) is 78.3 Å². The first-order valence-corrected chi connectivity index (χ1v) is 8.12. The van der Waals surface area contributed by atoms with Crippen LogP contribution in [0, 0.1) is 0 Å². The number of carbonyl (C=O) groups excluding carboxylic acids is 1. The van der Waals surface area contributed by atoms with Crippen molar-refractivity contribution in [1.29, 1.82) is 0 Å². The highest BCUT2D eigenvalue weighted by molar-refractivity contribution is 6.07. The number of benzene rings is 1. The van der Waals surface area contributed by atoms with Crippen molar-refractivity contribution in [3.05, 3.63) is 60.6 Å². The Labute approximate surface area is 146 Å². The number of hydrogen-bond donors (Lipinski definition) is 2. The van der Waals surface area contributed by atoms with E-state index in [9.17, 15) is 4.79 Å². The number of fused-ring (bicyclic) bond motifs is 1. The normalized spacial score (nSPS) is 10.6. The van der Waals surface area contributed by atoms with Gasteiger partial charge in [0, 0.05) is 43.7 Å². The van der Waals surface area contributed by atoms with Crippen molar-refractivity contribution in [2.45, 2.75) is 6.42 Å². The number of nitrogens with one attached hydrogen (secondary N) is 1. The van der Waals surface area contributed by atoms with Crippen LogP contribution >= 0.6 is 0 Å². The van der Waals surface area contributed by atoms with Crippen molar-refractivity contribution in [2.75, 3.05) is 30.4 Å². The summed E-state index contributed by atoms with van der Waals surface area (Å²) in [5.41, 5.74) is 2.62. The summed E-state index contributed by atoms with van der Waals surface area (Å²) < 4.78 is 0. The molecule has 6 nitrogen and oxygen atoms in total. The van der Waals surface area contributed by atoms with Crippen LogP contribution in [0.15, 0.2) is 54.9 Å². The highest BCUT2D eigenvalue weighted by atomic mass is 16.3. The summed E-state index contributed by atoms with van der Waals surface area (Å²) in [5.74, 6) is -0.282. The third kappa shape index (κ3) is 3.92. The number of nitrogens with zero attached hydrogens (tertiary/aromatic N) is 3. The van der Waals surface area contributed by atoms with E-state index in [-0.39, 0.29) is 12.5 Å². The van der Waals surface area contributed by atoms with Crippen molar-refractivity contribution in [3.8, 4) is 0 Å². The zero-order valence-electron chi connectivity index (χ0n) is 14.0. The fourth-order valence-electron chi connectivity index (χ4n) is 2.61. The second-order valence-electron chi connectivity index (χ2n) is 5.73. The van der Waals surface area contributed by atoms with Gasteiger partial charge in [-0.2, -0.15) is 0 Å². The highest BCUT2D eigenvalue weighted by Crippen LogP contribution is 2.21. The minimum absolute atomic E-state index is 0.136. The van der Waals surface area contributed by atoms with Crippen molar-refractivity contribution in [2.24, 2.45) is 0 Å². The summed E-state index contributed by atoms with van der Waals surface area (Å²) in [5, 5.41) is 12.8. The lowest BCUT2D eigenvalue weighted by atomic mass is 10.2. The standard InChI is InChI=1S/C19H20N4O2/c1-23(11-4-12-24)15-8-10-20-17(13-15)19(25)22-16-7-2-5-14-6-3-9-21-18(14)16/h2-3,5-10,13,24H,4,11-12H2,1H3,(H,22,25). The molecule has 0 saturated heterocycles. The number of hydrogen-bond acceptors (Lipinski definition) is 5. The van der Waals surface area contributed by atoms with Gasteiger partial charge in [-0.25, -0.2) is 0 Å². The van der Waals surface area contributed by atoms with Gasteiger partial charge in [-0.15, -0.1) is 0 Å². The molecular formula is C19H20N4O2. The molecule has 2 aromatic heterocycles. The Morgan fingerprint density at radius 1 is 1.16 bits per heavy atom. The molecule has 0 aliphatic carbocycles. The molecule has 128 valence electrons. The SMILES string of the molecule is CN(CCCO)c1ccnc(C(=O)Nc2cccc3cccnc23)c1. The summed E-state index contributed by atoms with van der Waals surface area (Å²) in [4.78, 5) is 23.1. The molecule has 0 fully saturated rings. The van der Waals surface area contributed by atoms with Crippen molar-refractivity contribution < 1.29 is 9.90 Å². The van der Waals surface area contributed by atoms with Gasteiger partial charge in [-0.05, 0) is 30.7 Å². The molecule has 0 unspecified atom stereocenters. The third-order valence-electron chi connectivity index (χ3n) is 3.95. The fourth-order valence-corrected chi connectivity index (χ4v) is 2.61. The maximum atomic E-state index is 12.6. The fraction of sp³-hybridized carbons (Fsp3) is 0.211. The largest absolute Gasteiger partial charge is 0.396 e. The molecule has 3 rings (SSSR count). The zero-order valence-corrected chi connectivity index (χ0v) is 14.0. The first-order valence-electron chi connectivity index (χ1n) is 8.12. The van der Waals surface area contributed by atoms with Gasteiger partial charge in [-0.3, -0.25) is 14.8 Å². The lowest BCUT2D eigenvalue weighted by molar-refractivity contribution is 0.102. The molecule has 1 aromatic carbocycles. The lowest BCUT2D eigenvalue weighted by Gasteiger charge is -2.19. The van der Waals surface area contributed by atoms with E-state index in [4.69, 9.17) is 5.11 Å². The Kier molecular flexibility index (Phi) is 5.20. The lowest BCUT2D eigenvalue weighted by Crippen LogP contribution is -2.21. The van der Waals surface area contributed by atoms with E-state index in [1.807, 2.05) is 48.3 Å². The van der Waals surface area contributed by atoms with E-state index >= 15 is 0 Å². The van der Waals surface area contributed by atoms with Gasteiger partial charge < -0.3 is 15.3 Å². The number of rotatable bonds is 6. The predicted molar refractivity (Wildman–Crippen MR) is 98.9 cm³/mol. The Morgan fingerprint density at radius 2 is 2.00 bits per heavy atom. The smallest absolute Gasteiger partial charge is 0.274 e. The number of amides is 1. The molecule has 0 radical (unpaired) electrons. The van der Waals surface area contributed by atoms with Crippen LogP contribution in [-0.2, 0) is 0 Å². The minimum atomic E-state index is -0.282. The number of aromatic nitrogens is 2. The summed E-state index contributed by atoms with van der Waals surface area (Å²) in [6.45, 7) is 0.839. The van der Waals surface area contributed by atoms with Crippen molar-refractivity contribution >= 4 is 28.2 Å². The Hall–Kier alpha value is -2.99. The molecule has 1 amide bonds. The predicted octanol–water partition coefficient (Wildman–Crippen LogP) is 2.70. The van der Waals surface area contributed by atoms with Gasteiger partial charge in [0.2, 0.25) is 0 Å². The molecule has 6 heteroatoms. The Balaban J connectivity index is 1.81. The molecule has 0 aliphatic heterocycles. The maximum Gasteiger partial charge on any atom is 0.274 e. The number of pyridine rings is 2. The van der Waals surface area contributed by atoms with Gasteiger partial charge in [0.15, 0.2) is 0 Å². The van der Waals surface area contributed by atoms with E-state index in [1.54, 1.807) is 18.5 Å². The molecule has 0 saturated carbocycles. The van der Waals surface area contributed by atoms with Crippen molar-refractivity contribution in [3.63, 3.8) is 0 Å². The van der Waals surface area contributed by atoms with E-state index in [2.05, 4.69) is 15.3 Å². The van der Waals surface area contributed by atoms with Gasteiger partial charge >= 0.3 is 0 Å². The second kappa shape index (κ2) is 7.72. The highest BCUT2D eigenvalue weighted by Gasteiger charge is 2.12. The quantitative estimate of drug-likeness (QED) is 0.723. The van der Waals surface area contributed by atoms with Gasteiger partial charge in [0.25, 0.3) is 5.91 Å². The zero-order chi connectivity index (χ0) is 17.6. The summed E-state index contributed by atoms with van der Waals surface area (Å²) in [6, 6.07) is 13.1. The van der Waals surface area contributed by atoms with Crippen LogP contribution in [0.25, 0.3) is 10.9 Å². The van der Waals surface area contributed by atoms with E-state index < -0.39 is 0 Å². The van der Waals surface area contributed by atoms with Crippen LogP contribution < -0.4 is 10.2 Å². The van der Waals surface area contributed by atoms with Crippen LogP contribution in [0.3, 0.4) is 0 Å². The summed E-state index contributed by atoms with van der Waals surface area (Å²) in [6.07, 6.45) is 3.98. The number of anilines is 2. The average Bonchev–Trinajstić information content (AvgIpc) is 2.66. The molecular weight excluding hydrogens is 316 g/mol. The molecule has 0 spiro atoms. The average molecular weight is 336 g/mol. The monoisotopic (exact) mass is 336 g/mol. The van der Waals surface area contributed by atoms with Gasteiger partial charge in [0.05, 0.1) is 11.2 Å². The molecule has 0 bridgehead atoms. The first kappa shape index (κ1) is 16.9. The minimum Gasteiger partial charge on any atom is -0.396 e. The van der Waals surface area contributed by atoms with Gasteiger partial charge in [-0.1, -0.05) is 18.2 Å². The maximum absolute atomic E-state index is 12.6. The van der Waals surface area contributed by atoms with Crippen molar-refractivity contribution in [1.82, 2.24) is 9.97 Å². The third-order valence-corrected chi connectivity index (χ3v) is 3.95. The summed E-state index contributed by atoms with van der Waals surface area (Å²) >= 11 is 0. The Bertz CT molecular complexity index is 877. The Morgan fingerprint density at radius 3 is 2.84 bits per heavy atom. The van der Waals surface area contributed by atoms with Crippen LogP contribution in [0.1, 0.15) is 16.9 Å². The second-order valence-corrected chi connectivity index (χ2v) is 5.73. The van der Waals surface area contributed by atoms with Crippen LogP contribution in [0.4, 0.5) is 11.4 Å². The first-order chi connectivity index (χ1) is 12.2. The molecule has 0 atom stereocenters. The molecule has 25 heavy (non-hydrogen) atoms. The molecule has 2 heterocycles. The molecule has 2 N–H and O–H groups in total. The van der Waals surface area contributed by atoms with E-state index in [1.165, 1.54) is 0 Å². The van der Waals surface area contributed by atoms with Crippen LogP contribution in [-0.4, -0.2) is 41.2 Å². The van der Waals surface area contributed by atoms with E-state index in [0.29, 0.717) is 24.3 Å².